The van der Waals surface area contributed by atoms with E-state index in [1.807, 2.05) is 43.3 Å². The van der Waals surface area contributed by atoms with E-state index in [9.17, 15) is 4.79 Å². The average molecular weight is 348 g/mol. The van der Waals surface area contributed by atoms with Gasteiger partial charge in [-0.25, -0.2) is 0 Å². The molecule has 7 nitrogen and oxygen atoms in total. The summed E-state index contributed by atoms with van der Waals surface area (Å²) in [6.45, 7) is 3.81. The van der Waals surface area contributed by atoms with E-state index >= 15 is 0 Å². The molecule has 0 radical (unpaired) electrons. The number of aryl methyl sites for hydroxylation is 1. The number of rotatable bonds is 4. The Hall–Kier alpha value is -3.61. The predicted octanol–water partition coefficient (Wildman–Crippen LogP) is 2.73. The fourth-order valence-corrected chi connectivity index (χ4v) is 2.55. The van der Waals surface area contributed by atoms with E-state index in [0.717, 1.165) is 22.0 Å². The SMILES string of the molecule is CC(=NN=C(N)N)c1ccc(NC(=O)c2cc3ccc(C)cc3[nH]2)cc1. The fraction of sp³-hybridized carbons (Fsp3) is 0.105. The molecule has 26 heavy (non-hydrogen) atoms. The van der Waals surface area contributed by atoms with Gasteiger partial charge in [-0.15, -0.1) is 5.10 Å². The van der Waals surface area contributed by atoms with Crippen molar-refractivity contribution in [3.8, 4) is 0 Å². The van der Waals surface area contributed by atoms with Crippen molar-refractivity contribution in [2.24, 2.45) is 21.7 Å². The Morgan fingerprint density at radius 2 is 1.77 bits per heavy atom. The number of benzene rings is 2. The van der Waals surface area contributed by atoms with Crippen LogP contribution in [0.3, 0.4) is 0 Å². The van der Waals surface area contributed by atoms with Gasteiger partial charge >= 0.3 is 0 Å². The number of aromatic amines is 1. The maximum absolute atomic E-state index is 12.5. The monoisotopic (exact) mass is 348 g/mol. The van der Waals surface area contributed by atoms with Crippen LogP contribution in [0, 0.1) is 6.92 Å². The van der Waals surface area contributed by atoms with Gasteiger partial charge in [-0.1, -0.05) is 24.3 Å². The number of hydrogen-bond donors (Lipinski definition) is 4. The zero-order valence-corrected chi connectivity index (χ0v) is 14.6. The van der Waals surface area contributed by atoms with Crippen LogP contribution in [-0.2, 0) is 0 Å². The molecule has 7 heteroatoms. The lowest BCUT2D eigenvalue weighted by molar-refractivity contribution is 0.102. The molecule has 0 aliphatic heterocycles. The molecule has 0 saturated carbocycles. The molecule has 0 unspecified atom stereocenters. The van der Waals surface area contributed by atoms with Crippen LogP contribution in [0.25, 0.3) is 10.9 Å². The molecule has 0 bridgehead atoms. The number of carbonyl (C=O) groups is 1. The van der Waals surface area contributed by atoms with Gasteiger partial charge in [0.2, 0.25) is 5.96 Å². The summed E-state index contributed by atoms with van der Waals surface area (Å²) in [5, 5.41) is 11.4. The van der Waals surface area contributed by atoms with Crippen molar-refractivity contribution >= 4 is 34.2 Å². The van der Waals surface area contributed by atoms with Crippen LogP contribution in [0.2, 0.25) is 0 Å². The van der Waals surface area contributed by atoms with Crippen molar-refractivity contribution in [2.75, 3.05) is 5.32 Å². The minimum atomic E-state index is -0.197. The summed E-state index contributed by atoms with van der Waals surface area (Å²) in [5.74, 6) is -0.292. The maximum atomic E-state index is 12.5. The van der Waals surface area contributed by atoms with Crippen molar-refractivity contribution < 1.29 is 4.79 Å². The van der Waals surface area contributed by atoms with Crippen LogP contribution >= 0.6 is 0 Å². The molecular formula is C19H20N6O. The number of hydrogen-bond acceptors (Lipinski definition) is 3. The molecule has 132 valence electrons. The van der Waals surface area contributed by atoms with Crippen LogP contribution in [0.5, 0.6) is 0 Å². The number of guanidine groups is 1. The third kappa shape index (κ3) is 3.89. The third-order valence-corrected chi connectivity index (χ3v) is 3.90. The number of nitrogens with two attached hydrogens (primary N) is 2. The number of amides is 1. The van der Waals surface area contributed by atoms with Gasteiger partial charge in [-0.2, -0.15) is 5.10 Å². The van der Waals surface area contributed by atoms with E-state index in [0.29, 0.717) is 17.1 Å². The van der Waals surface area contributed by atoms with Crippen LogP contribution in [0.15, 0.2) is 58.7 Å². The topological polar surface area (TPSA) is 122 Å². The Morgan fingerprint density at radius 1 is 1.04 bits per heavy atom. The van der Waals surface area contributed by atoms with Gasteiger partial charge in [0.05, 0.1) is 5.71 Å². The lowest BCUT2D eigenvalue weighted by atomic mass is 10.1. The minimum Gasteiger partial charge on any atom is -0.369 e. The van der Waals surface area contributed by atoms with Crippen LogP contribution < -0.4 is 16.8 Å². The van der Waals surface area contributed by atoms with E-state index in [1.165, 1.54) is 0 Å². The second-order valence-electron chi connectivity index (χ2n) is 6.02. The summed E-state index contributed by atoms with van der Waals surface area (Å²) in [6.07, 6.45) is 0. The highest BCUT2D eigenvalue weighted by molar-refractivity contribution is 6.06. The molecular weight excluding hydrogens is 328 g/mol. The lowest BCUT2D eigenvalue weighted by Gasteiger charge is -2.05. The van der Waals surface area contributed by atoms with Gasteiger partial charge in [0.25, 0.3) is 5.91 Å². The van der Waals surface area contributed by atoms with Gasteiger partial charge in [-0.3, -0.25) is 4.79 Å². The molecule has 6 N–H and O–H groups in total. The third-order valence-electron chi connectivity index (χ3n) is 3.90. The summed E-state index contributed by atoms with van der Waals surface area (Å²) in [5.41, 5.74) is 15.3. The van der Waals surface area contributed by atoms with Crippen LogP contribution in [0.1, 0.15) is 28.5 Å². The number of anilines is 1. The van der Waals surface area contributed by atoms with Crippen molar-refractivity contribution in [3.63, 3.8) is 0 Å². The van der Waals surface area contributed by atoms with E-state index in [1.54, 1.807) is 19.1 Å². The zero-order valence-electron chi connectivity index (χ0n) is 14.6. The lowest BCUT2D eigenvalue weighted by Crippen LogP contribution is -2.22. The number of nitrogens with one attached hydrogen (secondary N) is 2. The number of aromatic nitrogens is 1. The predicted molar refractivity (Wildman–Crippen MR) is 105 cm³/mol. The Morgan fingerprint density at radius 3 is 2.46 bits per heavy atom. The highest BCUT2D eigenvalue weighted by atomic mass is 16.1. The molecule has 0 spiro atoms. The maximum Gasteiger partial charge on any atom is 0.272 e. The first-order valence-corrected chi connectivity index (χ1v) is 8.07. The Kier molecular flexibility index (Phi) is 4.70. The highest BCUT2D eigenvalue weighted by Gasteiger charge is 2.10. The fourth-order valence-electron chi connectivity index (χ4n) is 2.55. The summed E-state index contributed by atoms with van der Waals surface area (Å²) >= 11 is 0. The van der Waals surface area contributed by atoms with Gasteiger partial charge in [0.15, 0.2) is 0 Å². The minimum absolute atomic E-state index is 0.0956. The normalized spacial score (nSPS) is 11.4. The zero-order chi connectivity index (χ0) is 18.7. The van der Waals surface area contributed by atoms with Gasteiger partial charge < -0.3 is 21.8 Å². The molecule has 0 aliphatic rings. The first kappa shape index (κ1) is 17.2. The first-order valence-electron chi connectivity index (χ1n) is 8.07. The highest BCUT2D eigenvalue weighted by Crippen LogP contribution is 2.18. The van der Waals surface area contributed by atoms with Crippen molar-refractivity contribution in [3.05, 3.63) is 65.4 Å². The van der Waals surface area contributed by atoms with E-state index in [-0.39, 0.29) is 11.9 Å². The molecule has 3 aromatic rings. The standard InChI is InChI=1S/C19H20N6O/c1-11-3-4-14-10-17(23-16(14)9-11)18(26)22-15-7-5-13(6-8-15)12(2)24-25-19(20)21/h3-10,23H,1-2H3,(H,22,26)(H4,20,21,25). The second-order valence-corrected chi connectivity index (χ2v) is 6.02. The molecule has 0 atom stereocenters. The second kappa shape index (κ2) is 7.10. The van der Waals surface area contributed by atoms with Crippen molar-refractivity contribution in [1.29, 1.82) is 0 Å². The Balaban J connectivity index is 1.74. The summed E-state index contributed by atoms with van der Waals surface area (Å²) in [6, 6.07) is 15.1. The van der Waals surface area contributed by atoms with Crippen molar-refractivity contribution in [1.82, 2.24) is 4.98 Å². The Labute approximate surface area is 150 Å². The molecule has 1 aromatic heterocycles. The molecule has 3 rings (SSSR count). The number of H-pyrrole nitrogens is 1. The molecule has 0 saturated heterocycles. The van der Waals surface area contributed by atoms with Crippen LogP contribution in [0.4, 0.5) is 5.69 Å². The average Bonchev–Trinajstić information content (AvgIpc) is 3.03. The van der Waals surface area contributed by atoms with Crippen LogP contribution in [-0.4, -0.2) is 22.6 Å². The summed E-state index contributed by atoms with van der Waals surface area (Å²) in [7, 11) is 0. The van der Waals surface area contributed by atoms with Crippen molar-refractivity contribution in [2.45, 2.75) is 13.8 Å². The quantitative estimate of drug-likeness (QED) is 0.329. The van der Waals surface area contributed by atoms with Gasteiger partial charge in [0.1, 0.15) is 5.69 Å². The summed E-state index contributed by atoms with van der Waals surface area (Å²) in [4.78, 5) is 15.6. The smallest absolute Gasteiger partial charge is 0.272 e. The molecule has 0 fully saturated rings. The molecule has 0 aliphatic carbocycles. The Bertz CT molecular complexity index is 1010. The van der Waals surface area contributed by atoms with E-state index in [2.05, 4.69) is 20.5 Å². The van der Waals surface area contributed by atoms with Gasteiger partial charge in [0, 0.05) is 16.6 Å². The van der Waals surface area contributed by atoms with E-state index < -0.39 is 0 Å². The summed E-state index contributed by atoms with van der Waals surface area (Å²) < 4.78 is 0. The number of nitrogens with zero attached hydrogens (tertiary/aromatic N) is 2. The molecule has 1 amide bonds. The van der Waals surface area contributed by atoms with Gasteiger partial charge in [-0.05, 0) is 49.2 Å². The largest absolute Gasteiger partial charge is 0.369 e. The molecule has 2 aromatic carbocycles. The number of fused-ring (bicyclic) bond motifs is 1. The van der Waals surface area contributed by atoms with E-state index in [4.69, 9.17) is 11.5 Å². The first-order chi connectivity index (χ1) is 12.4. The molecule has 1 heterocycles. The number of carbonyl (C=O) groups excluding carboxylic acids is 1.